The van der Waals surface area contributed by atoms with E-state index in [2.05, 4.69) is 20.8 Å². The largest absolute Gasteiger partial charge is 0.454 e. The van der Waals surface area contributed by atoms with Crippen molar-refractivity contribution in [2.24, 2.45) is 0 Å². The van der Waals surface area contributed by atoms with Gasteiger partial charge in [0.2, 0.25) is 17.9 Å². The van der Waals surface area contributed by atoms with Gasteiger partial charge in [-0.15, -0.1) is 5.10 Å². The van der Waals surface area contributed by atoms with Crippen LogP contribution in [0.2, 0.25) is 0 Å². The number of anilines is 1. The van der Waals surface area contributed by atoms with E-state index in [1.807, 2.05) is 39.0 Å². The molecule has 0 spiro atoms. The summed E-state index contributed by atoms with van der Waals surface area (Å²) in [4.78, 5) is 12.6. The molecule has 0 radical (unpaired) electrons. The number of carbonyl (C=O) groups is 1. The highest BCUT2D eigenvalue weighted by Gasteiger charge is 2.21. The molecule has 1 N–H and O–H groups in total. The lowest BCUT2D eigenvalue weighted by molar-refractivity contribution is -0.115. The molecule has 1 atom stereocenters. The van der Waals surface area contributed by atoms with Gasteiger partial charge in [0.05, 0.1) is 10.9 Å². The van der Waals surface area contributed by atoms with Gasteiger partial charge in [-0.2, -0.15) is 4.68 Å². The number of hydrogen-bond acceptors (Lipinski definition) is 7. The average Bonchev–Trinajstić information content (AvgIpc) is 3.32. The van der Waals surface area contributed by atoms with Crippen LogP contribution in [0.5, 0.6) is 11.5 Å². The molecule has 4 rings (SSSR count). The molecule has 28 heavy (non-hydrogen) atoms. The van der Waals surface area contributed by atoms with Gasteiger partial charge in [-0.3, -0.25) is 4.79 Å². The van der Waals surface area contributed by atoms with E-state index in [0.717, 1.165) is 16.8 Å². The minimum absolute atomic E-state index is 0.153. The van der Waals surface area contributed by atoms with Crippen LogP contribution in [0.25, 0.3) is 5.69 Å². The number of nitrogens with one attached hydrogen (secondary N) is 1. The maximum atomic E-state index is 12.6. The third-order valence-corrected chi connectivity index (χ3v) is 5.36. The fourth-order valence-electron chi connectivity index (χ4n) is 2.78. The number of ether oxygens (including phenoxy) is 2. The molecule has 0 saturated carbocycles. The number of thioether (sulfide) groups is 1. The quantitative estimate of drug-likeness (QED) is 0.661. The second-order valence-corrected chi connectivity index (χ2v) is 7.79. The number of carbonyl (C=O) groups excluding carboxylic acids is 1. The van der Waals surface area contributed by atoms with E-state index in [4.69, 9.17) is 9.47 Å². The van der Waals surface area contributed by atoms with Crippen LogP contribution in [0.15, 0.2) is 41.6 Å². The normalized spacial score (nSPS) is 13.4. The third kappa shape index (κ3) is 3.65. The van der Waals surface area contributed by atoms with Crippen LogP contribution in [-0.2, 0) is 4.79 Å². The molecule has 1 aliphatic heterocycles. The van der Waals surface area contributed by atoms with Crippen LogP contribution in [0.4, 0.5) is 5.69 Å². The molecule has 0 bridgehead atoms. The summed E-state index contributed by atoms with van der Waals surface area (Å²) in [6.07, 6.45) is 0. The summed E-state index contributed by atoms with van der Waals surface area (Å²) in [7, 11) is 0. The Kier molecular flexibility index (Phi) is 4.91. The van der Waals surface area contributed by atoms with Gasteiger partial charge in [0, 0.05) is 11.8 Å². The Balaban J connectivity index is 1.48. The van der Waals surface area contributed by atoms with Crippen LogP contribution in [0.1, 0.15) is 18.1 Å². The van der Waals surface area contributed by atoms with Crippen LogP contribution in [0, 0.1) is 13.8 Å². The molecule has 8 nitrogen and oxygen atoms in total. The molecule has 1 aliphatic rings. The smallest absolute Gasteiger partial charge is 0.237 e. The highest BCUT2D eigenvalue weighted by molar-refractivity contribution is 8.00. The van der Waals surface area contributed by atoms with Gasteiger partial charge in [-0.25, -0.2) is 0 Å². The van der Waals surface area contributed by atoms with Gasteiger partial charge in [-0.1, -0.05) is 23.9 Å². The number of fused-ring (bicyclic) bond motifs is 1. The van der Waals surface area contributed by atoms with E-state index < -0.39 is 5.25 Å². The number of aryl methyl sites for hydroxylation is 2. The van der Waals surface area contributed by atoms with Crippen LogP contribution < -0.4 is 14.8 Å². The van der Waals surface area contributed by atoms with Crippen molar-refractivity contribution in [1.29, 1.82) is 0 Å². The molecule has 1 aromatic heterocycles. The van der Waals surface area contributed by atoms with Crippen molar-refractivity contribution >= 4 is 23.4 Å². The standard InChI is InChI=1S/C19H19N5O3S/c1-11-4-5-12(2)15(8-11)24-19(21-22-23-24)28-13(3)18(25)20-14-6-7-16-17(9-14)27-10-26-16/h4-9,13H,10H2,1-3H3,(H,20,25)/t13-/m0/s1. The molecule has 1 amide bonds. The molecule has 2 heterocycles. The molecule has 0 unspecified atom stereocenters. The van der Waals surface area contributed by atoms with E-state index in [9.17, 15) is 4.79 Å². The third-order valence-electron chi connectivity index (χ3n) is 4.33. The monoisotopic (exact) mass is 397 g/mol. The molecule has 9 heteroatoms. The van der Waals surface area contributed by atoms with Gasteiger partial charge in [-0.05, 0) is 60.5 Å². The lowest BCUT2D eigenvalue weighted by atomic mass is 10.1. The Bertz CT molecular complexity index is 1040. The predicted molar refractivity (Wildman–Crippen MR) is 105 cm³/mol. The maximum Gasteiger partial charge on any atom is 0.237 e. The molecular formula is C19H19N5O3S. The molecule has 144 valence electrons. The molecule has 3 aromatic rings. The predicted octanol–water partition coefficient (Wildman–Crippen LogP) is 3.13. The second-order valence-electron chi connectivity index (χ2n) is 6.48. The van der Waals surface area contributed by atoms with E-state index in [0.29, 0.717) is 22.3 Å². The number of tetrazole rings is 1. The first kappa shape index (κ1) is 18.3. The first-order valence-corrected chi connectivity index (χ1v) is 9.62. The molecule has 0 aliphatic carbocycles. The molecule has 0 fully saturated rings. The van der Waals surface area contributed by atoms with Gasteiger partial charge >= 0.3 is 0 Å². The number of amides is 1. The maximum absolute atomic E-state index is 12.6. The Morgan fingerprint density at radius 3 is 2.86 bits per heavy atom. The van der Waals surface area contributed by atoms with Gasteiger partial charge in [0.25, 0.3) is 0 Å². The Hall–Kier alpha value is -3.07. The fourth-order valence-corrected chi connectivity index (χ4v) is 3.58. The molecule has 0 saturated heterocycles. The van der Waals surface area contributed by atoms with Crippen molar-refractivity contribution in [3.8, 4) is 17.2 Å². The molecule has 2 aromatic carbocycles. The number of hydrogen-bond donors (Lipinski definition) is 1. The van der Waals surface area contributed by atoms with Crippen molar-refractivity contribution in [3.05, 3.63) is 47.5 Å². The van der Waals surface area contributed by atoms with E-state index in [1.165, 1.54) is 11.8 Å². The topological polar surface area (TPSA) is 91.2 Å². The number of aromatic nitrogens is 4. The van der Waals surface area contributed by atoms with E-state index in [1.54, 1.807) is 22.9 Å². The Morgan fingerprint density at radius 2 is 2.00 bits per heavy atom. The van der Waals surface area contributed by atoms with E-state index in [-0.39, 0.29) is 12.7 Å². The summed E-state index contributed by atoms with van der Waals surface area (Å²) in [5.74, 6) is 1.14. The number of benzene rings is 2. The summed E-state index contributed by atoms with van der Waals surface area (Å²) in [6.45, 7) is 6.03. The SMILES string of the molecule is Cc1ccc(C)c(-n2nnnc2S[C@@H](C)C(=O)Nc2ccc3c(c2)OCO3)c1. The molecular weight excluding hydrogens is 378 g/mol. The zero-order chi connectivity index (χ0) is 19.7. The van der Waals surface area contributed by atoms with Crippen LogP contribution >= 0.6 is 11.8 Å². The number of nitrogens with zero attached hydrogens (tertiary/aromatic N) is 4. The summed E-state index contributed by atoms with van der Waals surface area (Å²) in [6, 6.07) is 11.4. The Morgan fingerprint density at radius 1 is 1.18 bits per heavy atom. The van der Waals surface area contributed by atoms with Crippen molar-refractivity contribution in [2.45, 2.75) is 31.2 Å². The highest BCUT2D eigenvalue weighted by Crippen LogP contribution is 2.34. The lowest BCUT2D eigenvalue weighted by Crippen LogP contribution is -2.23. The summed E-state index contributed by atoms with van der Waals surface area (Å²) in [5, 5.41) is 15.0. The van der Waals surface area contributed by atoms with E-state index >= 15 is 0 Å². The van der Waals surface area contributed by atoms with Crippen LogP contribution in [0.3, 0.4) is 0 Å². The zero-order valence-electron chi connectivity index (χ0n) is 15.7. The van der Waals surface area contributed by atoms with Crippen molar-refractivity contribution in [2.75, 3.05) is 12.1 Å². The van der Waals surface area contributed by atoms with Crippen LogP contribution in [-0.4, -0.2) is 38.2 Å². The van der Waals surface area contributed by atoms with Crippen molar-refractivity contribution in [1.82, 2.24) is 20.2 Å². The average molecular weight is 397 g/mol. The summed E-state index contributed by atoms with van der Waals surface area (Å²) < 4.78 is 12.3. The first-order chi connectivity index (χ1) is 13.5. The summed E-state index contributed by atoms with van der Waals surface area (Å²) in [5.41, 5.74) is 3.71. The summed E-state index contributed by atoms with van der Waals surface area (Å²) >= 11 is 1.30. The first-order valence-electron chi connectivity index (χ1n) is 8.74. The van der Waals surface area contributed by atoms with Gasteiger partial charge < -0.3 is 14.8 Å². The van der Waals surface area contributed by atoms with Crippen molar-refractivity contribution in [3.63, 3.8) is 0 Å². The Labute approximate surface area is 166 Å². The van der Waals surface area contributed by atoms with Gasteiger partial charge in [0.1, 0.15) is 0 Å². The van der Waals surface area contributed by atoms with Crippen molar-refractivity contribution < 1.29 is 14.3 Å². The number of rotatable bonds is 5. The highest BCUT2D eigenvalue weighted by atomic mass is 32.2. The minimum atomic E-state index is -0.403. The second kappa shape index (κ2) is 7.51. The van der Waals surface area contributed by atoms with Gasteiger partial charge in [0.15, 0.2) is 11.5 Å². The minimum Gasteiger partial charge on any atom is -0.454 e. The lowest BCUT2D eigenvalue weighted by Gasteiger charge is -2.13. The fraction of sp³-hybridized carbons (Fsp3) is 0.263. The zero-order valence-corrected chi connectivity index (χ0v) is 16.5.